The molecule has 170 valence electrons. The Morgan fingerprint density at radius 1 is 1.00 bits per heavy atom. The van der Waals surface area contributed by atoms with Gasteiger partial charge in [-0.05, 0) is 58.6 Å². The molecule has 1 heterocycles. The van der Waals surface area contributed by atoms with Gasteiger partial charge in [0.1, 0.15) is 5.75 Å². The molecule has 6 nitrogen and oxygen atoms in total. The van der Waals surface area contributed by atoms with Gasteiger partial charge in [0.05, 0.1) is 11.8 Å². The highest BCUT2D eigenvalue weighted by atomic mass is 16.3. The molecule has 0 spiro atoms. The van der Waals surface area contributed by atoms with E-state index in [1.165, 1.54) is 11.0 Å². The van der Waals surface area contributed by atoms with Gasteiger partial charge in [0, 0.05) is 33.7 Å². The molecule has 5 rings (SSSR count). The van der Waals surface area contributed by atoms with Crippen molar-refractivity contribution in [2.45, 2.75) is 52.0 Å². The second-order valence-electron chi connectivity index (χ2n) is 10.5. The molecule has 6 heteroatoms. The first-order valence-corrected chi connectivity index (χ1v) is 11.4. The van der Waals surface area contributed by atoms with E-state index in [4.69, 9.17) is 0 Å². The number of nitrogens with zero attached hydrogens (tertiary/aromatic N) is 1. The Bertz CT molecular complexity index is 1230. The van der Waals surface area contributed by atoms with Crippen LogP contribution in [0.1, 0.15) is 52.0 Å². The molecule has 1 aliphatic heterocycles. The zero-order valence-corrected chi connectivity index (χ0v) is 19.2. The molecule has 1 aromatic carbocycles. The van der Waals surface area contributed by atoms with Crippen LogP contribution in [-0.2, 0) is 19.2 Å². The first kappa shape index (κ1) is 21.6. The van der Waals surface area contributed by atoms with E-state index < -0.39 is 23.3 Å². The number of benzene rings is 1. The van der Waals surface area contributed by atoms with Gasteiger partial charge in [-0.15, -0.1) is 0 Å². The third-order valence-electron chi connectivity index (χ3n) is 7.48. The van der Waals surface area contributed by atoms with Crippen molar-refractivity contribution >= 4 is 23.4 Å². The van der Waals surface area contributed by atoms with Gasteiger partial charge in [0.15, 0.2) is 11.6 Å². The first-order valence-electron chi connectivity index (χ1n) is 11.4. The van der Waals surface area contributed by atoms with Crippen LogP contribution < -0.4 is 0 Å². The van der Waals surface area contributed by atoms with Gasteiger partial charge >= 0.3 is 0 Å². The van der Waals surface area contributed by atoms with Crippen LogP contribution in [0.5, 0.6) is 5.75 Å². The predicted octanol–water partition coefficient (Wildman–Crippen LogP) is 3.62. The standard InChI is InChI=1S/C27H27NO5/c1-13-11-20(30)18-12-17-14(21(23(18)24(13)31)15-7-5-6-8-19(15)29)9-10-16-22(17)26(33)28(25(16)32)27(2,3)4/h5-9,11,16-17,21-22,29H,10,12H2,1-4H3/t16-,17+,21+,22-/m0/s1. The molecule has 0 bridgehead atoms. The Morgan fingerprint density at radius 2 is 1.70 bits per heavy atom. The number of phenolic OH excluding ortho intramolecular Hbond substituents is 1. The number of aromatic hydroxyl groups is 1. The number of para-hydroxylation sites is 1. The van der Waals surface area contributed by atoms with Crippen molar-refractivity contribution in [3.05, 3.63) is 64.3 Å². The fourth-order valence-corrected chi connectivity index (χ4v) is 6.11. The van der Waals surface area contributed by atoms with Crippen molar-refractivity contribution in [1.82, 2.24) is 4.90 Å². The predicted molar refractivity (Wildman–Crippen MR) is 121 cm³/mol. The summed E-state index contributed by atoms with van der Waals surface area (Å²) in [4.78, 5) is 54.5. The van der Waals surface area contributed by atoms with E-state index in [2.05, 4.69) is 0 Å². The maximum Gasteiger partial charge on any atom is 0.234 e. The summed E-state index contributed by atoms with van der Waals surface area (Å²) in [6.07, 6.45) is 3.98. The molecule has 0 unspecified atom stereocenters. The zero-order valence-electron chi connectivity index (χ0n) is 19.2. The Morgan fingerprint density at radius 3 is 2.36 bits per heavy atom. The van der Waals surface area contributed by atoms with Crippen LogP contribution in [0.25, 0.3) is 0 Å². The molecule has 1 fully saturated rings. The second-order valence-corrected chi connectivity index (χ2v) is 10.5. The third kappa shape index (κ3) is 3.00. The number of phenols is 1. The summed E-state index contributed by atoms with van der Waals surface area (Å²) in [7, 11) is 0. The van der Waals surface area contributed by atoms with E-state index in [9.17, 15) is 24.3 Å². The Hall–Kier alpha value is -3.28. The molecular weight excluding hydrogens is 418 g/mol. The van der Waals surface area contributed by atoms with Crippen LogP contribution in [0.15, 0.2) is 58.7 Å². The molecule has 1 saturated heterocycles. The number of carbonyl (C=O) groups is 4. The Balaban J connectivity index is 1.70. The highest BCUT2D eigenvalue weighted by Gasteiger charge is 2.58. The number of hydrogen-bond donors (Lipinski definition) is 1. The van der Waals surface area contributed by atoms with Crippen molar-refractivity contribution in [3.63, 3.8) is 0 Å². The summed E-state index contributed by atoms with van der Waals surface area (Å²) in [6, 6.07) is 6.82. The number of allylic oxidation sites excluding steroid dienone is 6. The lowest BCUT2D eigenvalue weighted by Crippen LogP contribution is -2.46. The van der Waals surface area contributed by atoms with Gasteiger partial charge in [-0.3, -0.25) is 24.1 Å². The normalized spacial score (nSPS) is 29.5. The molecule has 3 aliphatic carbocycles. The molecule has 0 radical (unpaired) electrons. The lowest BCUT2D eigenvalue weighted by atomic mass is 9.59. The number of ketones is 2. The topological polar surface area (TPSA) is 91.8 Å². The van der Waals surface area contributed by atoms with Gasteiger partial charge in [-0.25, -0.2) is 0 Å². The fourth-order valence-electron chi connectivity index (χ4n) is 6.11. The lowest BCUT2D eigenvalue weighted by molar-refractivity contribution is -0.145. The van der Waals surface area contributed by atoms with Crippen molar-refractivity contribution in [3.8, 4) is 5.75 Å². The van der Waals surface area contributed by atoms with Crippen LogP contribution in [-0.4, -0.2) is 38.9 Å². The van der Waals surface area contributed by atoms with Gasteiger partial charge in [0.25, 0.3) is 0 Å². The van der Waals surface area contributed by atoms with Gasteiger partial charge < -0.3 is 5.11 Å². The highest BCUT2D eigenvalue weighted by molar-refractivity contribution is 6.24. The molecule has 0 aromatic heterocycles. The largest absolute Gasteiger partial charge is 0.508 e. The molecule has 1 aromatic rings. The fraction of sp³-hybridized carbons (Fsp3) is 0.407. The molecule has 2 amide bonds. The molecule has 33 heavy (non-hydrogen) atoms. The van der Waals surface area contributed by atoms with Gasteiger partial charge in [-0.1, -0.05) is 29.8 Å². The summed E-state index contributed by atoms with van der Waals surface area (Å²) in [5.41, 5.74) is 1.92. The van der Waals surface area contributed by atoms with Gasteiger partial charge in [0.2, 0.25) is 11.8 Å². The average Bonchev–Trinajstić information content (AvgIpc) is 3.01. The minimum Gasteiger partial charge on any atom is -0.508 e. The average molecular weight is 446 g/mol. The summed E-state index contributed by atoms with van der Waals surface area (Å²) in [5.74, 6) is -2.82. The Labute approximate surface area is 192 Å². The van der Waals surface area contributed by atoms with Crippen LogP contribution in [0, 0.1) is 17.8 Å². The first-order chi connectivity index (χ1) is 15.5. The van der Waals surface area contributed by atoms with E-state index in [1.807, 2.05) is 26.8 Å². The quantitative estimate of drug-likeness (QED) is 0.405. The number of hydrogen-bond acceptors (Lipinski definition) is 5. The van der Waals surface area contributed by atoms with Crippen molar-refractivity contribution in [1.29, 1.82) is 0 Å². The van der Waals surface area contributed by atoms with Crippen molar-refractivity contribution in [2.24, 2.45) is 17.8 Å². The van der Waals surface area contributed by atoms with E-state index in [0.717, 1.165) is 5.57 Å². The number of rotatable bonds is 1. The minimum absolute atomic E-state index is 0.0376. The SMILES string of the molecule is CC1=CC(=O)C2=C(C1=O)[C@@H](c1ccccc1O)C1=CC[C@@H]3C(=O)N(C(C)(C)C)C(=O)[C@@H]3[C@@H]1C2. The van der Waals surface area contributed by atoms with Crippen LogP contribution in [0.4, 0.5) is 0 Å². The number of carbonyl (C=O) groups excluding carboxylic acids is 4. The summed E-state index contributed by atoms with van der Waals surface area (Å²) >= 11 is 0. The molecule has 4 atom stereocenters. The molecular formula is C27H27NO5. The third-order valence-corrected chi connectivity index (χ3v) is 7.48. The highest BCUT2D eigenvalue weighted by Crippen LogP contribution is 2.56. The van der Waals surface area contributed by atoms with Crippen molar-refractivity contribution < 1.29 is 24.3 Å². The smallest absolute Gasteiger partial charge is 0.234 e. The molecule has 1 N–H and O–H groups in total. The van der Waals surface area contributed by atoms with Gasteiger partial charge in [-0.2, -0.15) is 0 Å². The molecule has 0 saturated carbocycles. The van der Waals surface area contributed by atoms with E-state index in [-0.39, 0.29) is 41.5 Å². The number of likely N-dealkylation sites (tertiary alicyclic amines) is 1. The van der Waals surface area contributed by atoms with E-state index in [0.29, 0.717) is 28.7 Å². The number of imide groups is 1. The van der Waals surface area contributed by atoms with Crippen LogP contribution in [0.2, 0.25) is 0 Å². The number of fused-ring (bicyclic) bond motifs is 3. The molecule has 4 aliphatic rings. The maximum atomic E-state index is 13.6. The van der Waals surface area contributed by atoms with Crippen LogP contribution >= 0.6 is 0 Å². The summed E-state index contributed by atoms with van der Waals surface area (Å²) in [6.45, 7) is 7.16. The number of amides is 2. The Kier molecular flexibility index (Phi) is 4.64. The maximum absolute atomic E-state index is 13.6. The monoisotopic (exact) mass is 445 g/mol. The second kappa shape index (κ2) is 7.11. The minimum atomic E-state index is -0.641. The summed E-state index contributed by atoms with van der Waals surface area (Å²) in [5, 5.41) is 10.7. The summed E-state index contributed by atoms with van der Waals surface area (Å²) < 4.78 is 0. The van der Waals surface area contributed by atoms with E-state index in [1.54, 1.807) is 31.2 Å². The van der Waals surface area contributed by atoms with E-state index >= 15 is 0 Å². The zero-order chi connectivity index (χ0) is 23.8. The lowest BCUT2D eigenvalue weighted by Gasteiger charge is -2.42. The van der Waals surface area contributed by atoms with Crippen LogP contribution in [0.3, 0.4) is 0 Å². The van der Waals surface area contributed by atoms with Crippen molar-refractivity contribution in [2.75, 3.05) is 0 Å². The number of Topliss-reactive ketones (excluding diaryl/α,β-unsaturated/α-hetero) is 1.